The van der Waals surface area contributed by atoms with Crippen LogP contribution in [0.3, 0.4) is 0 Å². The fraction of sp³-hybridized carbons (Fsp3) is 0.438. The number of anilines is 2. The molecule has 0 saturated heterocycles. The summed E-state index contributed by atoms with van der Waals surface area (Å²) in [5, 5.41) is 3.77. The first-order valence-electron chi connectivity index (χ1n) is 20.4. The van der Waals surface area contributed by atoms with E-state index in [0.717, 1.165) is 78.6 Å². The second-order valence-corrected chi connectivity index (χ2v) is 19.9. The van der Waals surface area contributed by atoms with E-state index < -0.39 is 11.1 Å². The molecule has 1 atom stereocenters. The van der Waals surface area contributed by atoms with E-state index in [9.17, 15) is 8.76 Å². The quantitative estimate of drug-likeness (QED) is 0.0974. The molecule has 0 spiro atoms. The molecule has 0 fully saturated rings. The lowest BCUT2D eigenvalue weighted by molar-refractivity contribution is -0.871. The molecular formula is C48H66N5O2S+3. The fourth-order valence-electron chi connectivity index (χ4n) is 8.78. The maximum Gasteiger partial charge on any atom is 0.209 e. The van der Waals surface area contributed by atoms with Gasteiger partial charge in [0.15, 0.2) is 23.3 Å². The molecule has 2 N–H and O–H groups in total. The Labute approximate surface area is 339 Å². The molecule has 8 heteroatoms. The average Bonchev–Trinajstić information content (AvgIpc) is 3.48. The van der Waals surface area contributed by atoms with Crippen molar-refractivity contribution in [3.8, 4) is 0 Å². The molecule has 2 heterocycles. The highest BCUT2D eigenvalue weighted by atomic mass is 32.2. The second kappa shape index (κ2) is 16.4. The van der Waals surface area contributed by atoms with E-state index >= 15 is 0 Å². The molecule has 0 aromatic heterocycles. The number of quaternary nitrogens is 2. The number of benzene rings is 3. The molecule has 56 heavy (non-hydrogen) atoms. The molecule has 1 aliphatic carbocycles. The number of hydrogen-bond donors (Lipinski definition) is 2. The van der Waals surface area contributed by atoms with Crippen LogP contribution in [0.4, 0.5) is 17.1 Å². The van der Waals surface area contributed by atoms with Crippen molar-refractivity contribution < 1.29 is 22.3 Å². The highest BCUT2D eigenvalue weighted by Gasteiger charge is 2.44. The zero-order valence-electron chi connectivity index (χ0n) is 35.7. The lowest BCUT2D eigenvalue weighted by atomic mass is 9.81. The largest absolute Gasteiger partial charge is 0.355 e. The fourth-order valence-corrected chi connectivity index (χ4v) is 9.20. The number of para-hydroxylation sites is 2. The van der Waals surface area contributed by atoms with E-state index in [0.29, 0.717) is 4.90 Å². The summed E-state index contributed by atoms with van der Waals surface area (Å²) in [5.41, 5.74) is 12.1. The summed E-state index contributed by atoms with van der Waals surface area (Å²) in [5.74, 6) is 0. The van der Waals surface area contributed by atoms with Gasteiger partial charge in [0.05, 0.1) is 72.1 Å². The Hall–Kier alpha value is -4.08. The predicted octanol–water partition coefficient (Wildman–Crippen LogP) is 9.55. The van der Waals surface area contributed by atoms with Crippen LogP contribution < -0.4 is 10.2 Å². The summed E-state index contributed by atoms with van der Waals surface area (Å²) in [6.45, 7) is 13.5. The Bertz CT molecular complexity index is 2120. The summed E-state index contributed by atoms with van der Waals surface area (Å²) < 4.78 is 26.5. The Morgan fingerprint density at radius 2 is 1.48 bits per heavy atom. The van der Waals surface area contributed by atoms with Gasteiger partial charge in [0, 0.05) is 58.9 Å². The van der Waals surface area contributed by atoms with Crippen LogP contribution in [0.1, 0.15) is 70.9 Å². The number of fused-ring (bicyclic) bond motifs is 2. The van der Waals surface area contributed by atoms with Gasteiger partial charge < -0.3 is 23.7 Å². The lowest BCUT2D eigenvalue weighted by Gasteiger charge is -2.29. The van der Waals surface area contributed by atoms with Crippen molar-refractivity contribution >= 4 is 33.9 Å². The highest BCUT2D eigenvalue weighted by molar-refractivity contribution is 7.79. The van der Waals surface area contributed by atoms with Crippen LogP contribution in [0.25, 0.3) is 0 Å². The summed E-state index contributed by atoms with van der Waals surface area (Å²) in [4.78, 5) is 2.93. The molecule has 3 aromatic rings. The molecule has 0 amide bonds. The summed E-state index contributed by atoms with van der Waals surface area (Å²) in [6.07, 6.45) is 14.5. The summed E-state index contributed by atoms with van der Waals surface area (Å²) in [6, 6.07) is 25.1. The average molecular weight is 777 g/mol. The predicted molar refractivity (Wildman–Crippen MR) is 236 cm³/mol. The van der Waals surface area contributed by atoms with Crippen LogP contribution in [0, 0.1) is 0 Å². The minimum Gasteiger partial charge on any atom is -0.355 e. The standard InChI is InChI=1S/C48H64N5O2S/c1-47(2)40-23-11-13-25-42(40)50(31-17-33-52(5,6)7)44(47)29-27-36-19-15-20-37(46(36)49-38-21-16-22-39(35-38)56(54)55)28-30-45-48(3,4)41-24-12-14-26-43(41)51(45)32-18-34-53(8,9)10/h11-14,16,21-30,35H,15,17-20,31-34H2,1-10H3/q+1/p+2/b36-27+,44-29+. The molecule has 298 valence electrons. The normalized spacial score (nSPS) is 20.0. The molecule has 1 unspecified atom stereocenters. The van der Waals surface area contributed by atoms with Crippen LogP contribution in [0.5, 0.6) is 0 Å². The number of hydrogen-bond acceptors (Lipinski definition) is 3. The topological polar surface area (TPSA) is 55.6 Å². The molecule has 3 aliphatic rings. The van der Waals surface area contributed by atoms with Crippen molar-refractivity contribution in [2.24, 2.45) is 0 Å². The van der Waals surface area contributed by atoms with Crippen LogP contribution in [0.15, 0.2) is 125 Å². The van der Waals surface area contributed by atoms with Crippen LogP contribution in [-0.2, 0) is 21.9 Å². The first-order valence-corrected chi connectivity index (χ1v) is 21.5. The van der Waals surface area contributed by atoms with Gasteiger partial charge in [-0.05, 0) is 80.2 Å². The molecule has 0 radical (unpaired) electrons. The van der Waals surface area contributed by atoms with Gasteiger partial charge in [-0.1, -0.05) is 68.5 Å². The van der Waals surface area contributed by atoms with Crippen molar-refractivity contribution in [1.29, 1.82) is 0 Å². The van der Waals surface area contributed by atoms with Crippen LogP contribution >= 0.6 is 0 Å². The van der Waals surface area contributed by atoms with Gasteiger partial charge in [0.2, 0.25) is 5.69 Å². The van der Waals surface area contributed by atoms with E-state index in [1.807, 2.05) is 12.1 Å². The third-order valence-corrected chi connectivity index (χ3v) is 12.4. The number of allylic oxidation sites excluding steroid dienone is 7. The Morgan fingerprint density at radius 3 is 2.20 bits per heavy atom. The van der Waals surface area contributed by atoms with Crippen molar-refractivity contribution in [2.75, 3.05) is 78.7 Å². The molecule has 6 rings (SSSR count). The Balaban J connectivity index is 1.44. The minimum atomic E-state index is -2.07. The number of nitrogens with one attached hydrogen (secondary N) is 1. The first-order chi connectivity index (χ1) is 26.4. The smallest absolute Gasteiger partial charge is 0.209 e. The van der Waals surface area contributed by atoms with E-state index in [1.165, 1.54) is 45.1 Å². The van der Waals surface area contributed by atoms with E-state index in [2.05, 4.69) is 158 Å². The SMILES string of the molecule is CC1(C)C(/C=C/C2=C(Nc3cccc(S(=O)O)c3)C(=C/C=C3/N(CCC[N+](C)(C)C)c4ccccc4C3(C)C)/CCC2)=[N+](CCC[N+](C)(C)C)c2ccccc21. The molecular weight excluding hydrogens is 711 g/mol. The zero-order chi connectivity index (χ0) is 40.5. The van der Waals surface area contributed by atoms with E-state index in [1.54, 1.807) is 12.1 Å². The van der Waals surface area contributed by atoms with Crippen LogP contribution in [0.2, 0.25) is 0 Å². The van der Waals surface area contributed by atoms with Crippen molar-refractivity contribution in [3.63, 3.8) is 0 Å². The van der Waals surface area contributed by atoms with Gasteiger partial charge in [-0.15, -0.1) is 0 Å². The molecule has 7 nitrogen and oxygen atoms in total. The maximum absolute atomic E-state index is 12.1. The van der Waals surface area contributed by atoms with Gasteiger partial charge in [-0.25, -0.2) is 4.21 Å². The van der Waals surface area contributed by atoms with Crippen molar-refractivity contribution in [1.82, 2.24) is 0 Å². The summed E-state index contributed by atoms with van der Waals surface area (Å²) in [7, 11) is 13.6. The molecule has 0 saturated carbocycles. The van der Waals surface area contributed by atoms with E-state index in [4.69, 9.17) is 0 Å². The molecule has 2 aliphatic heterocycles. The molecule has 0 bridgehead atoms. The first kappa shape index (κ1) is 41.6. The third-order valence-electron chi connectivity index (χ3n) is 11.7. The van der Waals surface area contributed by atoms with Crippen LogP contribution in [-0.4, -0.2) is 96.5 Å². The van der Waals surface area contributed by atoms with Gasteiger partial charge in [0.25, 0.3) is 0 Å². The van der Waals surface area contributed by atoms with Gasteiger partial charge >= 0.3 is 0 Å². The number of nitrogens with zero attached hydrogens (tertiary/aromatic N) is 4. The Morgan fingerprint density at radius 1 is 0.804 bits per heavy atom. The third kappa shape index (κ3) is 9.21. The zero-order valence-corrected chi connectivity index (χ0v) is 36.5. The number of rotatable bonds is 14. The maximum atomic E-state index is 12.1. The van der Waals surface area contributed by atoms with Gasteiger partial charge in [-0.3, -0.25) is 0 Å². The minimum absolute atomic E-state index is 0.145. The van der Waals surface area contributed by atoms with Gasteiger partial charge in [0.1, 0.15) is 0 Å². The van der Waals surface area contributed by atoms with Gasteiger partial charge in [-0.2, -0.15) is 4.58 Å². The lowest BCUT2D eigenvalue weighted by Crippen LogP contribution is -2.37. The summed E-state index contributed by atoms with van der Waals surface area (Å²) >= 11 is -2.07. The van der Waals surface area contributed by atoms with Crippen molar-refractivity contribution in [2.45, 2.75) is 75.5 Å². The van der Waals surface area contributed by atoms with Crippen molar-refractivity contribution in [3.05, 3.63) is 131 Å². The second-order valence-electron chi connectivity index (χ2n) is 18.9. The highest BCUT2D eigenvalue weighted by Crippen LogP contribution is 2.48. The Kier molecular flexibility index (Phi) is 12.2. The monoisotopic (exact) mass is 776 g/mol. The van der Waals surface area contributed by atoms with E-state index in [-0.39, 0.29) is 10.8 Å². The molecule has 3 aromatic carbocycles.